The summed E-state index contributed by atoms with van der Waals surface area (Å²) in [5.74, 6) is 0.242. The van der Waals surface area contributed by atoms with Crippen molar-refractivity contribution in [2.45, 2.75) is 155 Å². The molecule has 0 heterocycles. The molecule has 0 rings (SSSR count). The summed E-state index contributed by atoms with van der Waals surface area (Å²) in [5.41, 5.74) is 0. The number of hydrogen-bond acceptors (Lipinski definition) is 2. The molecule has 1 amide bonds. The Bertz CT molecular complexity index is 333. The molecule has 0 aliphatic rings. The van der Waals surface area contributed by atoms with Crippen LogP contribution in [0, 0.1) is 0 Å². The van der Waals surface area contributed by atoms with Crippen LogP contribution in [0.1, 0.15) is 149 Å². The fourth-order valence-corrected chi connectivity index (χ4v) is 3.90. The number of rotatable bonds is 23. The third-order valence-electron chi connectivity index (χ3n) is 5.93. The molecule has 0 saturated carbocycles. The van der Waals surface area contributed by atoms with Gasteiger partial charge in [0.1, 0.15) is 0 Å². The molecule has 0 aromatic rings. The Morgan fingerprint density at radius 1 is 0.621 bits per heavy atom. The van der Waals surface area contributed by atoms with E-state index < -0.39 is 0 Å². The molecule has 29 heavy (non-hydrogen) atoms. The molecule has 0 spiro atoms. The average molecular weight is 412 g/mol. The number of carbonyl (C=O) groups is 1. The largest absolute Gasteiger partial charge is 0.393 e. The summed E-state index contributed by atoms with van der Waals surface area (Å²) in [4.78, 5) is 11.8. The van der Waals surface area contributed by atoms with Crippen LogP contribution < -0.4 is 5.32 Å². The molecule has 0 aliphatic carbocycles. The van der Waals surface area contributed by atoms with E-state index in [2.05, 4.69) is 19.2 Å². The number of aliphatic hydroxyl groups is 1. The SMILES string of the molecule is CCCCCCCCNC(=O)CCCCCCCCCC[C@H](O)CCCCCC. The Balaban J connectivity index is 3.21. The maximum atomic E-state index is 11.8. The molecule has 0 radical (unpaired) electrons. The lowest BCUT2D eigenvalue weighted by molar-refractivity contribution is -0.121. The van der Waals surface area contributed by atoms with E-state index in [4.69, 9.17) is 0 Å². The zero-order chi connectivity index (χ0) is 21.4. The normalized spacial score (nSPS) is 12.2. The summed E-state index contributed by atoms with van der Waals surface area (Å²) < 4.78 is 0. The van der Waals surface area contributed by atoms with Crippen LogP contribution in [0.25, 0.3) is 0 Å². The minimum absolute atomic E-state index is 0.0703. The summed E-state index contributed by atoms with van der Waals surface area (Å²) >= 11 is 0. The Labute approximate surface area is 182 Å². The van der Waals surface area contributed by atoms with Crippen molar-refractivity contribution in [3.63, 3.8) is 0 Å². The van der Waals surface area contributed by atoms with E-state index in [1.54, 1.807) is 0 Å². The topological polar surface area (TPSA) is 49.3 Å². The zero-order valence-electron chi connectivity index (χ0n) is 20.0. The Kier molecular flexibility index (Phi) is 23.2. The zero-order valence-corrected chi connectivity index (χ0v) is 20.0. The van der Waals surface area contributed by atoms with E-state index in [0.29, 0.717) is 6.42 Å². The van der Waals surface area contributed by atoms with Gasteiger partial charge in [-0.05, 0) is 25.7 Å². The lowest BCUT2D eigenvalue weighted by Gasteiger charge is -2.10. The first kappa shape index (κ1) is 28.4. The highest BCUT2D eigenvalue weighted by Gasteiger charge is 2.04. The smallest absolute Gasteiger partial charge is 0.219 e. The lowest BCUT2D eigenvalue weighted by atomic mass is 10.0. The van der Waals surface area contributed by atoms with Crippen molar-refractivity contribution < 1.29 is 9.90 Å². The van der Waals surface area contributed by atoms with Crippen molar-refractivity contribution in [1.29, 1.82) is 0 Å². The molecule has 3 heteroatoms. The van der Waals surface area contributed by atoms with Crippen molar-refractivity contribution in [1.82, 2.24) is 5.32 Å². The molecule has 0 aromatic carbocycles. The fourth-order valence-electron chi connectivity index (χ4n) is 3.90. The molecule has 174 valence electrons. The van der Waals surface area contributed by atoms with Gasteiger partial charge in [-0.25, -0.2) is 0 Å². The van der Waals surface area contributed by atoms with Crippen LogP contribution in [-0.4, -0.2) is 23.7 Å². The van der Waals surface area contributed by atoms with E-state index in [9.17, 15) is 9.90 Å². The Morgan fingerprint density at radius 2 is 1.03 bits per heavy atom. The summed E-state index contributed by atoms with van der Waals surface area (Å²) in [5, 5.41) is 13.0. The molecule has 1 atom stereocenters. The lowest BCUT2D eigenvalue weighted by Crippen LogP contribution is -2.23. The van der Waals surface area contributed by atoms with Crippen LogP contribution in [-0.2, 0) is 4.79 Å². The molecule has 0 bridgehead atoms. The summed E-state index contributed by atoms with van der Waals surface area (Å²) in [6.45, 7) is 5.33. The first-order valence-electron chi connectivity index (χ1n) is 13.2. The summed E-state index contributed by atoms with van der Waals surface area (Å²) in [6, 6.07) is 0. The van der Waals surface area contributed by atoms with Crippen LogP contribution >= 0.6 is 0 Å². The Morgan fingerprint density at radius 3 is 1.59 bits per heavy atom. The van der Waals surface area contributed by atoms with E-state index in [1.165, 1.54) is 103 Å². The van der Waals surface area contributed by atoms with E-state index in [1.807, 2.05) is 0 Å². The number of unbranched alkanes of at least 4 members (excludes halogenated alkanes) is 15. The monoisotopic (exact) mass is 411 g/mol. The van der Waals surface area contributed by atoms with Gasteiger partial charge in [0.15, 0.2) is 0 Å². The second-order valence-electron chi connectivity index (χ2n) is 8.99. The number of aliphatic hydroxyl groups excluding tert-OH is 1. The quantitative estimate of drug-likeness (QED) is 0.169. The van der Waals surface area contributed by atoms with Crippen LogP contribution in [0.4, 0.5) is 0 Å². The third-order valence-corrected chi connectivity index (χ3v) is 5.93. The molecule has 0 aliphatic heterocycles. The number of nitrogens with one attached hydrogen (secondary N) is 1. The van der Waals surface area contributed by atoms with E-state index in [-0.39, 0.29) is 12.0 Å². The number of amides is 1. The summed E-state index contributed by atoms with van der Waals surface area (Å²) in [7, 11) is 0. The first-order valence-corrected chi connectivity index (χ1v) is 13.2. The van der Waals surface area contributed by atoms with Crippen molar-refractivity contribution in [3.05, 3.63) is 0 Å². The molecule has 0 fully saturated rings. The molecule has 2 N–H and O–H groups in total. The highest BCUT2D eigenvalue weighted by atomic mass is 16.3. The predicted molar refractivity (Wildman–Crippen MR) is 127 cm³/mol. The van der Waals surface area contributed by atoms with Gasteiger partial charge in [0, 0.05) is 13.0 Å². The molecule has 3 nitrogen and oxygen atoms in total. The van der Waals surface area contributed by atoms with Gasteiger partial charge in [0.05, 0.1) is 6.10 Å². The number of carbonyl (C=O) groups excluding carboxylic acids is 1. The molecular formula is C26H53NO2. The minimum Gasteiger partial charge on any atom is -0.393 e. The molecular weight excluding hydrogens is 358 g/mol. The predicted octanol–water partition coefficient (Wildman–Crippen LogP) is 7.70. The fraction of sp³-hybridized carbons (Fsp3) is 0.962. The Hall–Kier alpha value is -0.570. The molecule has 0 unspecified atom stereocenters. The van der Waals surface area contributed by atoms with Gasteiger partial charge in [-0.15, -0.1) is 0 Å². The average Bonchev–Trinajstić information content (AvgIpc) is 2.72. The van der Waals surface area contributed by atoms with Crippen molar-refractivity contribution in [2.75, 3.05) is 6.54 Å². The van der Waals surface area contributed by atoms with E-state index >= 15 is 0 Å². The standard InChI is InChI=1S/C26H53NO2/c1-3-5-7-9-16-20-24-27-26(29)23-19-15-13-11-10-12-14-18-22-25(28)21-17-8-6-4-2/h25,28H,3-24H2,1-2H3,(H,27,29)/t25-/m1/s1. The summed E-state index contributed by atoms with van der Waals surface area (Å²) in [6.07, 6.45) is 25.1. The van der Waals surface area contributed by atoms with Gasteiger partial charge in [0.2, 0.25) is 5.91 Å². The van der Waals surface area contributed by atoms with Gasteiger partial charge in [-0.1, -0.05) is 117 Å². The molecule has 0 aromatic heterocycles. The second-order valence-corrected chi connectivity index (χ2v) is 8.99. The highest BCUT2D eigenvalue weighted by molar-refractivity contribution is 5.75. The highest BCUT2D eigenvalue weighted by Crippen LogP contribution is 2.14. The van der Waals surface area contributed by atoms with Crippen molar-refractivity contribution in [3.8, 4) is 0 Å². The maximum Gasteiger partial charge on any atom is 0.219 e. The van der Waals surface area contributed by atoms with Crippen LogP contribution in [0.5, 0.6) is 0 Å². The molecule has 0 saturated heterocycles. The van der Waals surface area contributed by atoms with Gasteiger partial charge < -0.3 is 10.4 Å². The van der Waals surface area contributed by atoms with Crippen molar-refractivity contribution in [2.24, 2.45) is 0 Å². The second kappa shape index (κ2) is 23.7. The number of hydrogen-bond donors (Lipinski definition) is 2. The van der Waals surface area contributed by atoms with Gasteiger partial charge >= 0.3 is 0 Å². The van der Waals surface area contributed by atoms with Crippen LogP contribution in [0.3, 0.4) is 0 Å². The van der Waals surface area contributed by atoms with Crippen molar-refractivity contribution >= 4 is 5.91 Å². The third kappa shape index (κ3) is 23.6. The van der Waals surface area contributed by atoms with Crippen LogP contribution in [0.2, 0.25) is 0 Å². The van der Waals surface area contributed by atoms with E-state index in [0.717, 1.165) is 32.2 Å². The first-order chi connectivity index (χ1) is 14.2. The maximum absolute atomic E-state index is 11.8. The minimum atomic E-state index is -0.0703. The van der Waals surface area contributed by atoms with Gasteiger partial charge in [-0.2, -0.15) is 0 Å². The van der Waals surface area contributed by atoms with Gasteiger partial charge in [0.25, 0.3) is 0 Å². The van der Waals surface area contributed by atoms with Gasteiger partial charge in [-0.3, -0.25) is 4.79 Å². The van der Waals surface area contributed by atoms with Crippen LogP contribution in [0.15, 0.2) is 0 Å².